The summed E-state index contributed by atoms with van der Waals surface area (Å²) < 4.78 is 0. The molecule has 3 N–H and O–H groups in total. The number of anilines is 1. The normalized spacial score (nSPS) is 17.0. The number of aromatic nitrogens is 2. The third-order valence-corrected chi connectivity index (χ3v) is 13.1. The van der Waals surface area contributed by atoms with Gasteiger partial charge in [-0.2, -0.15) is 0 Å². The fraction of sp³-hybridized carbons (Fsp3) is 0.0351. The molecule has 0 amide bonds. The SMILES string of the molecule is C1=CC2=CC=C(c3ccc4ccc(-c5c6ccccc6c(C6C=Cc7ccc8cc[nH]c8c7N6)c6ccccc56)nc4c3)NC2C=C1c1cc2ccccc2c2ccccc12. The second kappa shape index (κ2) is 13.3. The quantitative estimate of drug-likeness (QED) is 0.123. The lowest BCUT2D eigenvalue weighted by atomic mass is 9.86. The summed E-state index contributed by atoms with van der Waals surface area (Å²) in [5.74, 6) is 0. The maximum atomic E-state index is 5.46. The Morgan fingerprint density at radius 2 is 1.23 bits per heavy atom. The molecule has 0 radical (unpaired) electrons. The third kappa shape index (κ3) is 5.35. The Balaban J connectivity index is 0.880. The summed E-state index contributed by atoms with van der Waals surface area (Å²) in [6.45, 7) is 0. The van der Waals surface area contributed by atoms with E-state index in [1.54, 1.807) is 0 Å². The first-order chi connectivity index (χ1) is 30.2. The largest absolute Gasteiger partial charge is 0.374 e. The maximum absolute atomic E-state index is 5.46. The van der Waals surface area contributed by atoms with Crippen LogP contribution in [0.2, 0.25) is 0 Å². The Hall–Kier alpha value is -7.95. The van der Waals surface area contributed by atoms with Crippen LogP contribution < -0.4 is 10.6 Å². The molecule has 0 spiro atoms. The second-order valence-electron chi connectivity index (χ2n) is 16.5. The number of hydrogen-bond acceptors (Lipinski definition) is 3. The van der Waals surface area contributed by atoms with E-state index in [2.05, 4.69) is 210 Å². The van der Waals surface area contributed by atoms with Crippen molar-refractivity contribution in [3.63, 3.8) is 0 Å². The molecule has 1 aliphatic carbocycles. The van der Waals surface area contributed by atoms with E-state index in [0.29, 0.717) is 0 Å². The van der Waals surface area contributed by atoms with E-state index >= 15 is 0 Å². The molecule has 0 saturated heterocycles. The van der Waals surface area contributed by atoms with Gasteiger partial charge in [0, 0.05) is 28.2 Å². The molecule has 0 saturated carbocycles. The number of benzene rings is 8. The van der Waals surface area contributed by atoms with Crippen LogP contribution in [0.1, 0.15) is 28.3 Å². The Morgan fingerprint density at radius 1 is 0.508 bits per heavy atom. The Kier molecular flexibility index (Phi) is 7.40. The standard InChI is InChI=1S/C57H38N4/c1-2-10-41-38(9-1)31-48(43-12-4-3-11-42(41)43)39-21-17-34-23-26-49(59-52(34)32-39)40-22-18-35-24-27-50(60-53(35)33-40)54-44-13-5-7-15-46(44)55(47-16-8-6-14-45(47)54)51-28-25-36-19-20-37-29-30-58-56(37)57(36)61-51/h1-33,51-52,58-59,61H. The lowest BCUT2D eigenvalue weighted by molar-refractivity contribution is 0.815. The van der Waals surface area contributed by atoms with Gasteiger partial charge in [-0.25, -0.2) is 4.98 Å². The fourth-order valence-electron chi connectivity index (χ4n) is 10.2. The number of pyridine rings is 1. The molecule has 0 bridgehead atoms. The molecule has 0 fully saturated rings. The van der Waals surface area contributed by atoms with E-state index < -0.39 is 0 Å². The van der Waals surface area contributed by atoms with Crippen molar-refractivity contribution in [2.75, 3.05) is 5.32 Å². The molecule has 2 atom stereocenters. The summed E-state index contributed by atoms with van der Waals surface area (Å²) in [6.07, 6.45) is 18.0. The minimum atomic E-state index is -0.0132. The molecule has 10 aromatic rings. The number of dihydropyridines is 1. The van der Waals surface area contributed by atoms with Crippen LogP contribution >= 0.6 is 0 Å². The first kappa shape index (κ1) is 34.0. The highest BCUT2D eigenvalue weighted by molar-refractivity contribution is 6.16. The molecule has 2 aliphatic heterocycles. The molecule has 4 heterocycles. The van der Waals surface area contributed by atoms with Crippen LogP contribution in [-0.4, -0.2) is 16.0 Å². The topological polar surface area (TPSA) is 52.7 Å². The molecular formula is C57H38N4. The minimum Gasteiger partial charge on any atom is -0.374 e. The van der Waals surface area contributed by atoms with Crippen molar-refractivity contribution in [1.82, 2.24) is 15.3 Å². The van der Waals surface area contributed by atoms with Crippen molar-refractivity contribution in [2.24, 2.45) is 0 Å². The average molecular weight is 779 g/mol. The summed E-state index contributed by atoms with van der Waals surface area (Å²) in [5.41, 5.74) is 13.8. The van der Waals surface area contributed by atoms with E-state index in [1.165, 1.54) is 76.3 Å². The van der Waals surface area contributed by atoms with Gasteiger partial charge in [0.25, 0.3) is 0 Å². The van der Waals surface area contributed by atoms with Gasteiger partial charge in [0.15, 0.2) is 0 Å². The van der Waals surface area contributed by atoms with E-state index in [-0.39, 0.29) is 12.1 Å². The fourth-order valence-corrected chi connectivity index (χ4v) is 10.2. The second-order valence-corrected chi connectivity index (χ2v) is 16.5. The van der Waals surface area contributed by atoms with E-state index in [1.807, 2.05) is 6.20 Å². The number of H-pyrrole nitrogens is 1. The number of aromatic amines is 1. The van der Waals surface area contributed by atoms with Crippen molar-refractivity contribution in [2.45, 2.75) is 12.1 Å². The molecule has 61 heavy (non-hydrogen) atoms. The molecule has 13 rings (SSSR count). The maximum Gasteiger partial charge on any atom is 0.0722 e. The predicted molar refractivity (Wildman–Crippen MR) is 257 cm³/mol. The smallest absolute Gasteiger partial charge is 0.0722 e. The lowest BCUT2D eigenvalue weighted by Crippen LogP contribution is -2.31. The van der Waals surface area contributed by atoms with Crippen molar-refractivity contribution < 1.29 is 0 Å². The molecular weight excluding hydrogens is 741 g/mol. The van der Waals surface area contributed by atoms with Gasteiger partial charge in [0.05, 0.1) is 34.5 Å². The average Bonchev–Trinajstić information content (AvgIpc) is 3.82. The Morgan fingerprint density at radius 3 is 2.07 bits per heavy atom. The van der Waals surface area contributed by atoms with Crippen molar-refractivity contribution >= 4 is 87.9 Å². The summed E-state index contributed by atoms with van der Waals surface area (Å²) in [5, 5.41) is 20.1. The van der Waals surface area contributed by atoms with E-state index in [0.717, 1.165) is 44.6 Å². The number of rotatable bonds is 4. The van der Waals surface area contributed by atoms with Crippen LogP contribution in [0.25, 0.3) is 93.5 Å². The zero-order valence-corrected chi connectivity index (χ0v) is 33.2. The van der Waals surface area contributed by atoms with Crippen LogP contribution in [0.4, 0.5) is 5.69 Å². The summed E-state index contributed by atoms with van der Waals surface area (Å²) in [4.78, 5) is 8.94. The summed E-state index contributed by atoms with van der Waals surface area (Å²) >= 11 is 0. The van der Waals surface area contributed by atoms with Crippen molar-refractivity contribution in [1.29, 1.82) is 0 Å². The first-order valence-corrected chi connectivity index (χ1v) is 21.1. The third-order valence-electron chi connectivity index (χ3n) is 13.1. The number of fused-ring (bicyclic) bond motifs is 10. The minimum absolute atomic E-state index is 0.0132. The predicted octanol–water partition coefficient (Wildman–Crippen LogP) is 14.1. The highest BCUT2D eigenvalue weighted by Gasteiger charge is 2.25. The van der Waals surface area contributed by atoms with Gasteiger partial charge in [0.1, 0.15) is 0 Å². The number of nitrogens with zero attached hydrogens (tertiary/aromatic N) is 1. The van der Waals surface area contributed by atoms with Crippen molar-refractivity contribution in [3.05, 3.63) is 222 Å². The number of hydrogen-bond donors (Lipinski definition) is 3. The number of allylic oxidation sites excluding steroid dienone is 4. The number of nitrogens with one attached hydrogen (secondary N) is 3. The summed E-state index contributed by atoms with van der Waals surface area (Å²) in [7, 11) is 0. The highest BCUT2D eigenvalue weighted by Crippen LogP contribution is 2.45. The monoisotopic (exact) mass is 778 g/mol. The molecule has 2 unspecified atom stereocenters. The van der Waals surface area contributed by atoms with Gasteiger partial charge in [-0.1, -0.05) is 164 Å². The van der Waals surface area contributed by atoms with E-state index in [4.69, 9.17) is 4.98 Å². The van der Waals surface area contributed by atoms with Crippen LogP contribution in [-0.2, 0) is 0 Å². The molecule has 4 heteroatoms. The van der Waals surface area contributed by atoms with Crippen molar-refractivity contribution in [3.8, 4) is 11.3 Å². The van der Waals surface area contributed by atoms with Gasteiger partial charge >= 0.3 is 0 Å². The zero-order chi connectivity index (χ0) is 40.0. The summed E-state index contributed by atoms with van der Waals surface area (Å²) in [6, 6.07) is 55.1. The van der Waals surface area contributed by atoms with Gasteiger partial charge < -0.3 is 15.6 Å². The van der Waals surface area contributed by atoms with Crippen LogP contribution in [0.3, 0.4) is 0 Å². The lowest BCUT2D eigenvalue weighted by Gasteiger charge is -2.28. The zero-order valence-electron chi connectivity index (χ0n) is 33.2. The Bertz CT molecular complexity index is 3610. The first-order valence-electron chi connectivity index (χ1n) is 21.1. The van der Waals surface area contributed by atoms with Gasteiger partial charge in [-0.05, 0) is 107 Å². The van der Waals surface area contributed by atoms with Crippen LogP contribution in [0.5, 0.6) is 0 Å². The molecule has 286 valence electrons. The molecule has 8 aromatic carbocycles. The molecule has 2 aromatic heterocycles. The van der Waals surface area contributed by atoms with Crippen LogP contribution in [0.15, 0.2) is 200 Å². The van der Waals surface area contributed by atoms with E-state index in [9.17, 15) is 0 Å². The highest BCUT2D eigenvalue weighted by atomic mass is 14.9. The Labute approximate surface area is 352 Å². The molecule has 4 nitrogen and oxygen atoms in total. The molecule has 3 aliphatic rings. The van der Waals surface area contributed by atoms with Gasteiger partial charge in [0.2, 0.25) is 0 Å². The van der Waals surface area contributed by atoms with Gasteiger partial charge in [-0.15, -0.1) is 0 Å². The van der Waals surface area contributed by atoms with Crippen LogP contribution in [0, 0.1) is 0 Å². The van der Waals surface area contributed by atoms with Gasteiger partial charge in [-0.3, -0.25) is 0 Å².